The Morgan fingerprint density at radius 1 is 0.893 bits per heavy atom. The van der Waals surface area contributed by atoms with Gasteiger partial charge in [-0.1, -0.05) is 40.9 Å². The lowest BCUT2D eigenvalue weighted by Gasteiger charge is -2.28. The lowest BCUT2D eigenvalue weighted by molar-refractivity contribution is -0.127. The Bertz CT molecular complexity index is 892. The van der Waals surface area contributed by atoms with Gasteiger partial charge in [0.25, 0.3) is 5.91 Å². The van der Waals surface area contributed by atoms with E-state index in [4.69, 9.17) is 9.47 Å². The van der Waals surface area contributed by atoms with E-state index in [1.54, 1.807) is 18.2 Å². The molecule has 0 saturated heterocycles. The van der Waals surface area contributed by atoms with Gasteiger partial charge in [-0.25, -0.2) is 0 Å². The number of nitrogens with one attached hydrogen (secondary N) is 2. The van der Waals surface area contributed by atoms with Crippen LogP contribution < -0.4 is 20.3 Å². The second-order valence-corrected chi connectivity index (χ2v) is 7.98. The van der Waals surface area contributed by atoms with Crippen molar-refractivity contribution in [2.75, 3.05) is 13.2 Å². The number of fused-ring (bicyclic) bond motifs is 1. The van der Waals surface area contributed by atoms with Gasteiger partial charge in [-0.2, -0.15) is 0 Å². The molecule has 2 aromatic carbocycles. The van der Waals surface area contributed by atoms with E-state index < -0.39 is 11.3 Å². The van der Waals surface area contributed by atoms with Crippen molar-refractivity contribution in [1.29, 1.82) is 0 Å². The summed E-state index contributed by atoms with van der Waals surface area (Å²) in [6, 6.07) is 12.8. The molecule has 0 spiro atoms. The van der Waals surface area contributed by atoms with Crippen LogP contribution in [-0.2, 0) is 10.2 Å². The summed E-state index contributed by atoms with van der Waals surface area (Å²) in [7, 11) is 0. The lowest BCUT2D eigenvalue weighted by Crippen LogP contribution is -2.50. The van der Waals surface area contributed by atoms with Gasteiger partial charge in [0.05, 0.1) is 5.41 Å². The van der Waals surface area contributed by atoms with Crippen LogP contribution in [0.4, 0.5) is 0 Å². The number of hydrogen-bond donors (Lipinski definition) is 2. The van der Waals surface area contributed by atoms with Gasteiger partial charge >= 0.3 is 0 Å². The summed E-state index contributed by atoms with van der Waals surface area (Å²) in [4.78, 5) is 25.5. The third-order valence-electron chi connectivity index (χ3n) is 5.38. The molecule has 0 aromatic heterocycles. The summed E-state index contributed by atoms with van der Waals surface area (Å²) in [5.41, 5.74) is 5.94. The number of hydrazine groups is 1. The predicted molar refractivity (Wildman–Crippen MR) is 107 cm³/mol. The molecule has 2 aliphatic rings. The second-order valence-electron chi connectivity index (χ2n) is 7.06. The van der Waals surface area contributed by atoms with Gasteiger partial charge in [0.2, 0.25) is 5.91 Å². The summed E-state index contributed by atoms with van der Waals surface area (Å²) >= 11 is 3.43. The van der Waals surface area contributed by atoms with Crippen LogP contribution in [0.2, 0.25) is 0 Å². The van der Waals surface area contributed by atoms with Crippen molar-refractivity contribution in [3.63, 3.8) is 0 Å². The average Bonchev–Trinajstić information content (AvgIpc) is 3.23. The van der Waals surface area contributed by atoms with E-state index >= 15 is 0 Å². The molecule has 1 aliphatic heterocycles. The molecule has 146 valence electrons. The molecule has 0 radical (unpaired) electrons. The van der Waals surface area contributed by atoms with Crippen LogP contribution in [0.25, 0.3) is 0 Å². The number of hydrogen-bond acceptors (Lipinski definition) is 4. The molecule has 7 heteroatoms. The zero-order chi connectivity index (χ0) is 19.6. The smallest absolute Gasteiger partial charge is 0.269 e. The van der Waals surface area contributed by atoms with Crippen LogP contribution in [-0.4, -0.2) is 25.0 Å². The van der Waals surface area contributed by atoms with Crippen LogP contribution >= 0.6 is 15.9 Å². The number of benzene rings is 2. The van der Waals surface area contributed by atoms with Gasteiger partial charge in [-0.3, -0.25) is 20.4 Å². The van der Waals surface area contributed by atoms with Crippen molar-refractivity contribution < 1.29 is 19.1 Å². The first-order valence-electron chi connectivity index (χ1n) is 9.35. The van der Waals surface area contributed by atoms with E-state index in [1.807, 2.05) is 24.3 Å². The molecule has 1 heterocycles. The van der Waals surface area contributed by atoms with Crippen molar-refractivity contribution in [3.05, 3.63) is 58.1 Å². The molecule has 2 amide bonds. The van der Waals surface area contributed by atoms with E-state index in [1.165, 1.54) is 0 Å². The molecule has 6 nitrogen and oxygen atoms in total. The largest absolute Gasteiger partial charge is 0.486 e. The minimum atomic E-state index is -0.610. The molecular formula is C21H21BrN2O4. The molecule has 0 atom stereocenters. The van der Waals surface area contributed by atoms with Crippen molar-refractivity contribution in [3.8, 4) is 11.5 Å². The Balaban J connectivity index is 1.46. The normalized spacial score (nSPS) is 17.0. The summed E-state index contributed by atoms with van der Waals surface area (Å²) in [5.74, 6) is 0.576. The highest BCUT2D eigenvalue weighted by Crippen LogP contribution is 2.41. The Morgan fingerprint density at radius 2 is 1.57 bits per heavy atom. The number of carbonyl (C=O) groups is 2. The molecule has 0 unspecified atom stereocenters. The number of halogens is 1. The third kappa shape index (κ3) is 3.58. The maximum absolute atomic E-state index is 13.0. The van der Waals surface area contributed by atoms with Gasteiger partial charge in [-0.15, -0.1) is 0 Å². The fourth-order valence-electron chi connectivity index (χ4n) is 3.88. The fourth-order valence-corrected chi connectivity index (χ4v) is 4.15. The second kappa shape index (κ2) is 7.83. The molecule has 28 heavy (non-hydrogen) atoms. The summed E-state index contributed by atoms with van der Waals surface area (Å²) < 4.78 is 11.9. The van der Waals surface area contributed by atoms with Crippen LogP contribution in [0.3, 0.4) is 0 Å². The Hall–Kier alpha value is -2.54. The van der Waals surface area contributed by atoms with Gasteiger partial charge in [0.1, 0.15) is 13.2 Å². The number of rotatable bonds is 3. The minimum Gasteiger partial charge on any atom is -0.486 e. The summed E-state index contributed by atoms with van der Waals surface area (Å²) in [6.07, 6.45) is 3.50. The van der Waals surface area contributed by atoms with Crippen LogP contribution in [0, 0.1) is 0 Å². The Labute approximate surface area is 171 Å². The van der Waals surface area contributed by atoms with Crippen LogP contribution in [0.15, 0.2) is 46.9 Å². The zero-order valence-electron chi connectivity index (χ0n) is 15.3. The molecule has 1 aliphatic carbocycles. The maximum atomic E-state index is 13.0. The minimum absolute atomic E-state index is 0.182. The number of amides is 2. The first kappa shape index (κ1) is 18.8. The van der Waals surface area contributed by atoms with Crippen LogP contribution in [0.5, 0.6) is 11.5 Å². The van der Waals surface area contributed by atoms with E-state index in [9.17, 15) is 9.59 Å². The number of ether oxygens (including phenoxy) is 2. The molecule has 1 fully saturated rings. The Kier molecular flexibility index (Phi) is 5.26. The van der Waals surface area contributed by atoms with E-state index in [-0.39, 0.29) is 5.91 Å². The van der Waals surface area contributed by atoms with E-state index in [2.05, 4.69) is 26.8 Å². The van der Waals surface area contributed by atoms with E-state index in [0.29, 0.717) is 30.3 Å². The highest BCUT2D eigenvalue weighted by molar-refractivity contribution is 9.10. The van der Waals surface area contributed by atoms with Gasteiger partial charge in [-0.05, 0) is 48.7 Å². The highest BCUT2D eigenvalue weighted by atomic mass is 79.9. The lowest BCUT2D eigenvalue weighted by atomic mass is 9.78. The quantitative estimate of drug-likeness (QED) is 0.710. The molecule has 2 N–H and O–H groups in total. The molecular weight excluding hydrogens is 424 g/mol. The zero-order valence-corrected chi connectivity index (χ0v) is 16.9. The first-order chi connectivity index (χ1) is 13.6. The van der Waals surface area contributed by atoms with E-state index in [0.717, 1.165) is 35.7 Å². The van der Waals surface area contributed by atoms with Gasteiger partial charge < -0.3 is 9.47 Å². The monoisotopic (exact) mass is 444 g/mol. The molecule has 1 saturated carbocycles. The first-order valence-corrected chi connectivity index (χ1v) is 10.1. The maximum Gasteiger partial charge on any atom is 0.269 e. The van der Waals surface area contributed by atoms with Crippen molar-refractivity contribution in [2.45, 2.75) is 31.1 Å². The number of carbonyl (C=O) groups excluding carboxylic acids is 2. The SMILES string of the molecule is O=C(NNC(=O)C1(c2ccc(Br)cc2)CCCC1)c1ccc2c(c1)OCCO2. The standard InChI is InChI=1S/C21H21BrN2O4/c22-16-6-4-15(5-7-16)21(9-1-2-10-21)20(26)24-23-19(25)14-3-8-17-18(13-14)28-12-11-27-17/h3-8,13H,1-2,9-12H2,(H,23,25)(H,24,26). The van der Waals surface area contributed by atoms with Crippen molar-refractivity contribution in [2.24, 2.45) is 0 Å². The summed E-state index contributed by atoms with van der Waals surface area (Å²) in [5, 5.41) is 0. The molecule has 4 rings (SSSR count). The summed E-state index contributed by atoms with van der Waals surface area (Å²) in [6.45, 7) is 0.942. The topological polar surface area (TPSA) is 76.7 Å². The predicted octanol–water partition coefficient (Wildman–Crippen LogP) is 3.49. The average molecular weight is 445 g/mol. The molecule has 2 aromatic rings. The van der Waals surface area contributed by atoms with Gasteiger partial charge in [0.15, 0.2) is 11.5 Å². The van der Waals surface area contributed by atoms with Crippen molar-refractivity contribution >= 4 is 27.7 Å². The molecule has 0 bridgehead atoms. The fraction of sp³-hybridized carbons (Fsp3) is 0.333. The van der Waals surface area contributed by atoms with Crippen LogP contribution in [0.1, 0.15) is 41.6 Å². The third-order valence-corrected chi connectivity index (χ3v) is 5.91. The van der Waals surface area contributed by atoms with Crippen molar-refractivity contribution in [1.82, 2.24) is 10.9 Å². The Morgan fingerprint density at radius 3 is 2.29 bits per heavy atom. The van der Waals surface area contributed by atoms with Gasteiger partial charge in [0, 0.05) is 10.0 Å². The highest BCUT2D eigenvalue weighted by Gasteiger charge is 2.42.